The molecule has 0 radical (unpaired) electrons. The van der Waals surface area contributed by atoms with Gasteiger partial charge in [-0.05, 0) is 37.1 Å². The summed E-state index contributed by atoms with van der Waals surface area (Å²) >= 11 is 7.25. The molecule has 114 valence electrons. The summed E-state index contributed by atoms with van der Waals surface area (Å²) in [5.41, 5.74) is 0.523. The second-order valence-corrected chi connectivity index (χ2v) is 7.30. The van der Waals surface area contributed by atoms with Crippen LogP contribution in [0.1, 0.15) is 48.9 Å². The second-order valence-electron chi connectivity index (χ2n) is 5.36. The number of ketones is 1. The molecule has 1 aliphatic carbocycles. The summed E-state index contributed by atoms with van der Waals surface area (Å²) in [4.78, 5) is 23.6. The zero-order valence-electron chi connectivity index (χ0n) is 11.8. The van der Waals surface area contributed by atoms with E-state index in [9.17, 15) is 14.7 Å². The third-order valence-corrected chi connectivity index (χ3v) is 5.53. The van der Waals surface area contributed by atoms with Gasteiger partial charge >= 0.3 is 5.97 Å². The molecule has 1 aromatic carbocycles. The van der Waals surface area contributed by atoms with Crippen molar-refractivity contribution in [3.05, 3.63) is 34.9 Å². The van der Waals surface area contributed by atoms with Gasteiger partial charge in [0.25, 0.3) is 0 Å². The van der Waals surface area contributed by atoms with E-state index < -0.39 is 11.2 Å². The summed E-state index contributed by atoms with van der Waals surface area (Å²) in [5.74, 6) is -1.03. The lowest BCUT2D eigenvalue weighted by Crippen LogP contribution is -2.24. The van der Waals surface area contributed by atoms with Gasteiger partial charge in [-0.3, -0.25) is 9.59 Å². The van der Waals surface area contributed by atoms with Crippen LogP contribution in [0.5, 0.6) is 0 Å². The van der Waals surface area contributed by atoms with E-state index in [2.05, 4.69) is 0 Å². The number of Topliss-reactive ketones (excluding diaryl/α,β-unsaturated/α-hetero) is 1. The van der Waals surface area contributed by atoms with E-state index in [1.807, 2.05) is 0 Å². The molecule has 1 atom stereocenters. The van der Waals surface area contributed by atoms with E-state index in [-0.39, 0.29) is 12.2 Å². The molecule has 3 nitrogen and oxygen atoms in total. The minimum absolute atomic E-state index is 0.0398. The normalized spacial score (nSPS) is 17.4. The molecule has 0 saturated heterocycles. The van der Waals surface area contributed by atoms with Crippen LogP contribution in [0, 0.1) is 0 Å². The summed E-state index contributed by atoms with van der Waals surface area (Å²) in [6.45, 7) is 0. The highest BCUT2D eigenvalue weighted by molar-refractivity contribution is 8.01. The minimum atomic E-state index is -0.895. The number of benzene rings is 1. The lowest BCUT2D eigenvalue weighted by atomic mass is 10.0. The summed E-state index contributed by atoms with van der Waals surface area (Å²) < 4.78 is 0. The SMILES string of the molecule is O=C(C[C@@H](SC1CCCCC1)C(=O)O)c1ccc(Cl)cc1. The van der Waals surface area contributed by atoms with Crippen LogP contribution < -0.4 is 0 Å². The monoisotopic (exact) mass is 326 g/mol. The van der Waals surface area contributed by atoms with Crippen LogP contribution in [-0.4, -0.2) is 27.4 Å². The molecule has 0 bridgehead atoms. The Bertz CT molecular complexity index is 495. The van der Waals surface area contributed by atoms with Gasteiger partial charge in [0.1, 0.15) is 5.25 Å². The molecule has 1 N–H and O–H groups in total. The van der Waals surface area contributed by atoms with Gasteiger partial charge in [-0.15, -0.1) is 11.8 Å². The van der Waals surface area contributed by atoms with Crippen molar-refractivity contribution in [2.75, 3.05) is 0 Å². The van der Waals surface area contributed by atoms with Crippen LogP contribution in [0.25, 0.3) is 0 Å². The molecule has 0 aliphatic heterocycles. The van der Waals surface area contributed by atoms with Crippen LogP contribution in [0.2, 0.25) is 5.02 Å². The molecular formula is C16H19ClO3S. The highest BCUT2D eigenvalue weighted by atomic mass is 35.5. The summed E-state index contributed by atoms with van der Waals surface area (Å²) in [7, 11) is 0. The standard InChI is InChI=1S/C16H19ClO3S/c17-12-8-6-11(7-9-12)14(18)10-15(16(19)20)21-13-4-2-1-3-5-13/h6-9,13,15H,1-5,10H2,(H,19,20)/t15-/m1/s1. The van der Waals surface area contributed by atoms with Crippen LogP contribution in [0.3, 0.4) is 0 Å². The zero-order valence-corrected chi connectivity index (χ0v) is 13.3. The molecule has 1 aliphatic rings. The van der Waals surface area contributed by atoms with Crippen molar-refractivity contribution in [1.29, 1.82) is 0 Å². The van der Waals surface area contributed by atoms with Crippen LogP contribution in [-0.2, 0) is 4.79 Å². The number of hydrogen-bond acceptors (Lipinski definition) is 3. The third-order valence-electron chi connectivity index (χ3n) is 3.72. The van der Waals surface area contributed by atoms with Gasteiger partial charge in [-0.25, -0.2) is 0 Å². The first kappa shape index (κ1) is 16.4. The fraction of sp³-hybridized carbons (Fsp3) is 0.500. The lowest BCUT2D eigenvalue weighted by molar-refractivity contribution is -0.136. The molecular weight excluding hydrogens is 308 g/mol. The molecule has 0 unspecified atom stereocenters. The van der Waals surface area contributed by atoms with Gasteiger partial charge < -0.3 is 5.11 Å². The van der Waals surface area contributed by atoms with E-state index in [0.717, 1.165) is 25.7 Å². The van der Waals surface area contributed by atoms with Gasteiger partial charge in [0.05, 0.1) is 0 Å². The Morgan fingerprint density at radius 2 is 1.81 bits per heavy atom. The maximum atomic E-state index is 12.2. The van der Waals surface area contributed by atoms with Gasteiger partial charge in [-0.1, -0.05) is 30.9 Å². The van der Waals surface area contributed by atoms with Gasteiger partial charge in [-0.2, -0.15) is 0 Å². The summed E-state index contributed by atoms with van der Waals surface area (Å²) in [5, 5.41) is 9.63. The molecule has 0 aromatic heterocycles. The van der Waals surface area contributed by atoms with Crippen molar-refractivity contribution >= 4 is 35.1 Å². The number of thioether (sulfide) groups is 1. The van der Waals surface area contributed by atoms with Gasteiger partial charge in [0, 0.05) is 22.3 Å². The number of rotatable bonds is 6. The van der Waals surface area contributed by atoms with Crippen molar-refractivity contribution in [2.45, 2.75) is 49.0 Å². The number of halogens is 1. The number of carbonyl (C=O) groups excluding carboxylic acids is 1. The smallest absolute Gasteiger partial charge is 0.317 e. The number of carboxylic acids is 1. The van der Waals surface area contributed by atoms with E-state index in [0.29, 0.717) is 15.8 Å². The maximum absolute atomic E-state index is 12.2. The maximum Gasteiger partial charge on any atom is 0.317 e. The van der Waals surface area contributed by atoms with Crippen molar-refractivity contribution in [1.82, 2.24) is 0 Å². The Labute approximate surface area is 134 Å². The van der Waals surface area contributed by atoms with E-state index >= 15 is 0 Å². The fourth-order valence-corrected chi connectivity index (χ4v) is 4.11. The Morgan fingerprint density at radius 1 is 1.19 bits per heavy atom. The molecule has 1 aromatic rings. The topological polar surface area (TPSA) is 54.4 Å². The van der Waals surface area contributed by atoms with Crippen molar-refractivity contribution in [3.63, 3.8) is 0 Å². The fourth-order valence-electron chi connectivity index (χ4n) is 2.55. The van der Waals surface area contributed by atoms with Crippen LogP contribution in [0.4, 0.5) is 0 Å². The zero-order chi connectivity index (χ0) is 15.2. The number of hydrogen-bond donors (Lipinski definition) is 1. The molecule has 21 heavy (non-hydrogen) atoms. The molecule has 1 fully saturated rings. The lowest BCUT2D eigenvalue weighted by Gasteiger charge is -2.24. The van der Waals surface area contributed by atoms with Crippen molar-refractivity contribution in [3.8, 4) is 0 Å². The highest BCUT2D eigenvalue weighted by Crippen LogP contribution is 2.32. The van der Waals surface area contributed by atoms with Gasteiger partial charge in [0.2, 0.25) is 0 Å². The quantitative estimate of drug-likeness (QED) is 0.786. The number of carboxylic acid groups (broad SMARTS) is 1. The predicted octanol–water partition coefficient (Wildman–Crippen LogP) is 4.43. The van der Waals surface area contributed by atoms with E-state index in [1.54, 1.807) is 24.3 Å². The minimum Gasteiger partial charge on any atom is -0.480 e. The average molecular weight is 327 g/mol. The molecule has 0 spiro atoms. The molecule has 2 rings (SSSR count). The first-order valence-electron chi connectivity index (χ1n) is 7.23. The Balaban J connectivity index is 1.96. The van der Waals surface area contributed by atoms with E-state index in [1.165, 1.54) is 18.2 Å². The Kier molecular flexibility index (Phi) is 6.12. The first-order valence-corrected chi connectivity index (χ1v) is 8.55. The highest BCUT2D eigenvalue weighted by Gasteiger charge is 2.27. The van der Waals surface area contributed by atoms with Crippen LogP contribution in [0.15, 0.2) is 24.3 Å². The Morgan fingerprint density at radius 3 is 2.38 bits per heavy atom. The van der Waals surface area contributed by atoms with Gasteiger partial charge in [0.15, 0.2) is 5.78 Å². The van der Waals surface area contributed by atoms with Crippen molar-refractivity contribution in [2.24, 2.45) is 0 Å². The van der Waals surface area contributed by atoms with Crippen molar-refractivity contribution < 1.29 is 14.7 Å². The third kappa shape index (κ3) is 5.04. The molecule has 0 amide bonds. The number of carbonyl (C=O) groups is 2. The molecule has 1 saturated carbocycles. The second kappa shape index (κ2) is 7.85. The number of aliphatic carboxylic acids is 1. The first-order chi connectivity index (χ1) is 10.1. The predicted molar refractivity (Wildman–Crippen MR) is 86.3 cm³/mol. The average Bonchev–Trinajstić information content (AvgIpc) is 2.48. The summed E-state index contributed by atoms with van der Waals surface area (Å²) in [6, 6.07) is 6.60. The molecule has 5 heteroatoms. The largest absolute Gasteiger partial charge is 0.480 e. The Hall–Kier alpha value is -1.00. The van der Waals surface area contributed by atoms with E-state index in [4.69, 9.17) is 11.6 Å². The molecule has 0 heterocycles. The van der Waals surface area contributed by atoms with Crippen LogP contribution >= 0.6 is 23.4 Å². The summed E-state index contributed by atoms with van der Waals surface area (Å²) in [6.07, 6.45) is 5.72.